The summed E-state index contributed by atoms with van der Waals surface area (Å²) < 4.78 is 0. The van der Waals surface area contributed by atoms with Gasteiger partial charge < -0.3 is 10.6 Å². The van der Waals surface area contributed by atoms with Gasteiger partial charge in [-0.3, -0.25) is 0 Å². The third-order valence-electron chi connectivity index (χ3n) is 2.46. The molecule has 0 atom stereocenters. The lowest BCUT2D eigenvalue weighted by molar-refractivity contribution is 0.606. The van der Waals surface area contributed by atoms with Crippen LogP contribution in [-0.4, -0.2) is 19.6 Å². The molecular weight excluding hydrogens is 220 g/mol. The zero-order valence-corrected chi connectivity index (χ0v) is 10.9. The maximum absolute atomic E-state index is 5.97. The second-order valence-corrected chi connectivity index (χ2v) is 4.42. The predicted molar refractivity (Wildman–Crippen MR) is 71.1 cm³/mol. The minimum atomic E-state index is 0.841. The van der Waals surface area contributed by atoms with Crippen molar-refractivity contribution in [2.24, 2.45) is 0 Å². The molecule has 0 bridgehead atoms. The van der Waals surface area contributed by atoms with Gasteiger partial charge in [0.1, 0.15) is 0 Å². The van der Waals surface area contributed by atoms with E-state index in [9.17, 15) is 0 Å². The van der Waals surface area contributed by atoms with Crippen LogP contribution in [0.25, 0.3) is 0 Å². The molecule has 90 valence electrons. The molecule has 1 rings (SSSR count). The smallest absolute Gasteiger partial charge is 0.0435 e. The molecule has 1 aromatic rings. The SMILES string of the molecule is CCCNCCNCc1ccc(Cl)c(C)c1. The number of hydrogen-bond donors (Lipinski definition) is 2. The van der Waals surface area contributed by atoms with E-state index in [4.69, 9.17) is 11.6 Å². The Balaban J connectivity index is 2.19. The molecule has 0 aliphatic rings. The molecule has 0 heterocycles. The van der Waals surface area contributed by atoms with Crippen LogP contribution in [0.2, 0.25) is 5.02 Å². The quantitative estimate of drug-likeness (QED) is 0.717. The summed E-state index contributed by atoms with van der Waals surface area (Å²) in [4.78, 5) is 0. The fraction of sp³-hybridized carbons (Fsp3) is 0.538. The van der Waals surface area contributed by atoms with Crippen LogP contribution in [0.5, 0.6) is 0 Å². The van der Waals surface area contributed by atoms with Gasteiger partial charge in [0.15, 0.2) is 0 Å². The molecule has 0 amide bonds. The van der Waals surface area contributed by atoms with E-state index in [1.165, 1.54) is 12.0 Å². The molecule has 0 fully saturated rings. The first-order chi connectivity index (χ1) is 7.74. The summed E-state index contributed by atoms with van der Waals surface area (Å²) in [6.07, 6.45) is 1.19. The first-order valence-electron chi connectivity index (χ1n) is 5.90. The second-order valence-electron chi connectivity index (χ2n) is 4.01. The van der Waals surface area contributed by atoms with E-state index in [-0.39, 0.29) is 0 Å². The topological polar surface area (TPSA) is 24.1 Å². The van der Waals surface area contributed by atoms with Crippen molar-refractivity contribution in [3.8, 4) is 0 Å². The molecule has 3 heteroatoms. The standard InChI is InChI=1S/C13H21ClN2/c1-3-6-15-7-8-16-10-12-4-5-13(14)11(2)9-12/h4-5,9,15-16H,3,6-8,10H2,1-2H3. The van der Waals surface area contributed by atoms with E-state index in [2.05, 4.69) is 29.7 Å². The second kappa shape index (κ2) is 7.66. The fourth-order valence-electron chi connectivity index (χ4n) is 1.53. The zero-order chi connectivity index (χ0) is 11.8. The van der Waals surface area contributed by atoms with Crippen LogP contribution >= 0.6 is 11.6 Å². The molecule has 0 saturated heterocycles. The first kappa shape index (κ1) is 13.5. The summed E-state index contributed by atoms with van der Waals surface area (Å²) in [6, 6.07) is 6.17. The van der Waals surface area contributed by atoms with Crippen molar-refractivity contribution in [2.45, 2.75) is 26.8 Å². The summed E-state index contributed by atoms with van der Waals surface area (Å²) >= 11 is 5.97. The predicted octanol–water partition coefficient (Wildman–Crippen LogP) is 2.74. The van der Waals surface area contributed by atoms with Crippen molar-refractivity contribution < 1.29 is 0 Å². The summed E-state index contributed by atoms with van der Waals surface area (Å²) in [6.45, 7) is 8.25. The Hall–Kier alpha value is -0.570. The largest absolute Gasteiger partial charge is 0.315 e. The minimum Gasteiger partial charge on any atom is -0.315 e. The van der Waals surface area contributed by atoms with Gasteiger partial charge in [-0.1, -0.05) is 30.7 Å². The third-order valence-corrected chi connectivity index (χ3v) is 2.88. The Morgan fingerprint density at radius 3 is 2.56 bits per heavy atom. The lowest BCUT2D eigenvalue weighted by atomic mass is 10.1. The molecule has 1 aromatic carbocycles. The van der Waals surface area contributed by atoms with Crippen LogP contribution in [0, 0.1) is 6.92 Å². The van der Waals surface area contributed by atoms with Gasteiger partial charge in [0.2, 0.25) is 0 Å². The summed E-state index contributed by atoms with van der Waals surface area (Å²) in [7, 11) is 0. The molecule has 0 aliphatic heterocycles. The molecule has 2 N–H and O–H groups in total. The average molecular weight is 241 g/mol. The number of nitrogens with one attached hydrogen (secondary N) is 2. The van der Waals surface area contributed by atoms with E-state index < -0.39 is 0 Å². The Labute approximate surface area is 103 Å². The van der Waals surface area contributed by atoms with Crippen molar-refractivity contribution in [1.82, 2.24) is 10.6 Å². The van der Waals surface area contributed by atoms with Crippen molar-refractivity contribution >= 4 is 11.6 Å². The zero-order valence-electron chi connectivity index (χ0n) is 10.1. The van der Waals surface area contributed by atoms with Gasteiger partial charge in [0.25, 0.3) is 0 Å². The van der Waals surface area contributed by atoms with E-state index in [1.54, 1.807) is 0 Å². The first-order valence-corrected chi connectivity index (χ1v) is 6.28. The van der Waals surface area contributed by atoms with Crippen molar-refractivity contribution in [3.05, 3.63) is 34.3 Å². The number of hydrogen-bond acceptors (Lipinski definition) is 2. The van der Waals surface area contributed by atoms with Gasteiger partial charge in [-0.25, -0.2) is 0 Å². The van der Waals surface area contributed by atoms with Gasteiger partial charge in [0, 0.05) is 24.7 Å². The van der Waals surface area contributed by atoms with Crippen LogP contribution in [0.4, 0.5) is 0 Å². The Morgan fingerprint density at radius 2 is 1.88 bits per heavy atom. The van der Waals surface area contributed by atoms with Gasteiger partial charge in [-0.15, -0.1) is 0 Å². The van der Waals surface area contributed by atoms with Crippen LogP contribution in [0.3, 0.4) is 0 Å². The maximum atomic E-state index is 5.97. The van der Waals surface area contributed by atoms with E-state index in [0.717, 1.165) is 36.8 Å². The molecule has 0 radical (unpaired) electrons. The van der Waals surface area contributed by atoms with Crippen molar-refractivity contribution in [1.29, 1.82) is 0 Å². The van der Waals surface area contributed by atoms with Crippen LogP contribution < -0.4 is 10.6 Å². The van der Waals surface area contributed by atoms with E-state index in [0.29, 0.717) is 0 Å². The lowest BCUT2D eigenvalue weighted by Crippen LogP contribution is -2.27. The van der Waals surface area contributed by atoms with Crippen LogP contribution in [0.1, 0.15) is 24.5 Å². The van der Waals surface area contributed by atoms with Gasteiger partial charge >= 0.3 is 0 Å². The third kappa shape index (κ3) is 4.97. The minimum absolute atomic E-state index is 0.841. The highest BCUT2D eigenvalue weighted by molar-refractivity contribution is 6.31. The van der Waals surface area contributed by atoms with Gasteiger partial charge in [-0.2, -0.15) is 0 Å². The molecule has 0 unspecified atom stereocenters. The highest BCUT2D eigenvalue weighted by Crippen LogP contribution is 2.15. The molecule has 0 aliphatic carbocycles. The Bertz CT molecular complexity index is 313. The van der Waals surface area contributed by atoms with Crippen molar-refractivity contribution in [2.75, 3.05) is 19.6 Å². The molecule has 0 spiro atoms. The van der Waals surface area contributed by atoms with Crippen LogP contribution in [-0.2, 0) is 6.54 Å². The van der Waals surface area contributed by atoms with Gasteiger partial charge in [0.05, 0.1) is 0 Å². The summed E-state index contributed by atoms with van der Waals surface area (Å²) in [5.74, 6) is 0. The monoisotopic (exact) mass is 240 g/mol. The molecule has 0 aromatic heterocycles. The normalized spacial score (nSPS) is 10.7. The highest BCUT2D eigenvalue weighted by atomic mass is 35.5. The maximum Gasteiger partial charge on any atom is 0.0435 e. The van der Waals surface area contributed by atoms with Crippen molar-refractivity contribution in [3.63, 3.8) is 0 Å². The lowest BCUT2D eigenvalue weighted by Gasteiger charge is -2.07. The summed E-state index contributed by atoms with van der Waals surface area (Å²) in [5, 5.41) is 7.60. The Morgan fingerprint density at radius 1 is 1.12 bits per heavy atom. The fourth-order valence-corrected chi connectivity index (χ4v) is 1.65. The number of aryl methyl sites for hydroxylation is 1. The molecule has 16 heavy (non-hydrogen) atoms. The van der Waals surface area contributed by atoms with Crippen LogP contribution in [0.15, 0.2) is 18.2 Å². The number of halogens is 1. The van der Waals surface area contributed by atoms with Gasteiger partial charge in [-0.05, 0) is 37.1 Å². The molecule has 2 nitrogen and oxygen atoms in total. The number of rotatable bonds is 7. The number of benzene rings is 1. The molecule has 0 saturated carbocycles. The molecular formula is C13H21ClN2. The van der Waals surface area contributed by atoms with E-state index >= 15 is 0 Å². The highest BCUT2D eigenvalue weighted by Gasteiger charge is 1.97. The van der Waals surface area contributed by atoms with E-state index in [1.807, 2.05) is 13.0 Å². The average Bonchev–Trinajstić information content (AvgIpc) is 2.28. The Kier molecular flexibility index (Phi) is 6.46. The summed E-state index contributed by atoms with van der Waals surface area (Å²) in [5.41, 5.74) is 2.43.